The molecule has 1 rings (SSSR count). The molecule has 3 nitrogen and oxygen atoms in total. The normalized spacial score (nSPS) is 21.0. The average Bonchev–Trinajstić information content (AvgIpc) is 1.86. The topological polar surface area (TPSA) is 45.1 Å². The summed E-state index contributed by atoms with van der Waals surface area (Å²) in [5, 5.41) is 6.79. The van der Waals surface area contributed by atoms with Gasteiger partial charge < -0.3 is 0 Å². The van der Waals surface area contributed by atoms with Gasteiger partial charge in [-0.05, 0) is 0 Å². The molecule has 34 valence electrons. The molecule has 0 unspecified atom stereocenters. The van der Waals surface area contributed by atoms with E-state index in [1.54, 1.807) is 0 Å². The third-order valence-electron chi connectivity index (χ3n) is 0.427. The van der Waals surface area contributed by atoms with Crippen LogP contribution in [-0.2, 0) is 4.18 Å². The summed E-state index contributed by atoms with van der Waals surface area (Å²) >= 11 is 1.11. The van der Waals surface area contributed by atoms with E-state index in [1.165, 1.54) is 0 Å². The minimum atomic E-state index is 0.421. The maximum absolute atomic E-state index is 6.79. The molecule has 2 N–H and O–H groups in total. The fourth-order valence-electron chi connectivity index (χ4n) is 0.198. The highest BCUT2D eigenvalue weighted by Gasteiger charge is 2.03. The van der Waals surface area contributed by atoms with Crippen LogP contribution in [0.2, 0.25) is 0 Å². The molecule has 1 fully saturated rings. The Labute approximate surface area is 39.9 Å². The minimum Gasteiger partial charge on any atom is -0.293 e. The number of amidine groups is 1. The molecule has 6 heavy (non-hydrogen) atoms. The van der Waals surface area contributed by atoms with Crippen molar-refractivity contribution in [3.05, 3.63) is 0 Å². The first kappa shape index (κ1) is 3.95. The Morgan fingerprint density at radius 3 is 3.00 bits per heavy atom. The molecule has 0 radical (unpaired) electrons. The summed E-state index contributed by atoms with van der Waals surface area (Å²) in [6, 6.07) is 0. The van der Waals surface area contributed by atoms with E-state index in [0.29, 0.717) is 12.4 Å². The largest absolute Gasteiger partial charge is 0.293 e. The van der Waals surface area contributed by atoms with E-state index in [0.717, 1.165) is 12.2 Å². The SMILES string of the molecule is N=C1COSN1. The van der Waals surface area contributed by atoms with E-state index >= 15 is 0 Å². The average molecular weight is 104 g/mol. The zero-order valence-electron chi connectivity index (χ0n) is 3.02. The molecule has 1 heterocycles. The second kappa shape index (κ2) is 1.49. The molecule has 1 aliphatic rings. The van der Waals surface area contributed by atoms with E-state index in [9.17, 15) is 0 Å². The van der Waals surface area contributed by atoms with Crippen LogP contribution in [0.3, 0.4) is 0 Å². The molecule has 0 aliphatic carbocycles. The Morgan fingerprint density at radius 1 is 2.00 bits per heavy atom. The molecule has 1 aliphatic heterocycles. The standard InChI is InChI=1S/C2H4N2OS/c3-2-1-5-6-4-2/h1H2,(H2,3,4). The van der Waals surface area contributed by atoms with Crippen molar-refractivity contribution in [2.24, 2.45) is 0 Å². The van der Waals surface area contributed by atoms with E-state index in [4.69, 9.17) is 5.41 Å². The first-order valence-corrected chi connectivity index (χ1v) is 2.25. The summed E-state index contributed by atoms with van der Waals surface area (Å²) in [5.74, 6) is 0.444. The lowest BCUT2D eigenvalue weighted by molar-refractivity contribution is 0.458. The second-order valence-corrected chi connectivity index (χ2v) is 1.53. The monoisotopic (exact) mass is 104 g/mol. The van der Waals surface area contributed by atoms with Gasteiger partial charge in [0, 0.05) is 0 Å². The lowest BCUT2D eigenvalue weighted by Gasteiger charge is -1.78. The van der Waals surface area contributed by atoms with Crippen LogP contribution in [0.1, 0.15) is 0 Å². The first-order valence-electron chi connectivity index (χ1n) is 1.51. The van der Waals surface area contributed by atoms with Gasteiger partial charge in [-0.1, -0.05) is 0 Å². The lowest BCUT2D eigenvalue weighted by atomic mass is 10.7. The predicted octanol–water partition coefficient (Wildman–Crippen LogP) is 0.147. The Kier molecular flexibility index (Phi) is 0.979. The van der Waals surface area contributed by atoms with Crippen LogP contribution in [0, 0.1) is 5.41 Å². The van der Waals surface area contributed by atoms with Gasteiger partial charge in [0.25, 0.3) is 0 Å². The molecule has 0 saturated carbocycles. The van der Waals surface area contributed by atoms with Crippen molar-refractivity contribution < 1.29 is 4.18 Å². The zero-order chi connectivity index (χ0) is 4.41. The number of nitrogens with one attached hydrogen (secondary N) is 2. The van der Waals surface area contributed by atoms with Crippen LogP contribution in [-0.4, -0.2) is 12.4 Å². The molecule has 0 aromatic rings. The predicted molar refractivity (Wildman–Crippen MR) is 24.4 cm³/mol. The summed E-state index contributed by atoms with van der Waals surface area (Å²) in [6.07, 6.45) is 0. The zero-order valence-corrected chi connectivity index (χ0v) is 3.84. The smallest absolute Gasteiger partial charge is 0.133 e. The Bertz CT molecular complexity index is 65.9. The third kappa shape index (κ3) is 0.636. The Balaban J connectivity index is 2.37. The van der Waals surface area contributed by atoms with Gasteiger partial charge in [-0.15, -0.1) is 0 Å². The van der Waals surface area contributed by atoms with E-state index in [1.807, 2.05) is 0 Å². The van der Waals surface area contributed by atoms with Gasteiger partial charge in [-0.2, -0.15) is 0 Å². The van der Waals surface area contributed by atoms with Gasteiger partial charge in [0.1, 0.15) is 24.7 Å². The van der Waals surface area contributed by atoms with Crippen LogP contribution in [0.25, 0.3) is 0 Å². The van der Waals surface area contributed by atoms with Gasteiger partial charge in [0.15, 0.2) is 0 Å². The van der Waals surface area contributed by atoms with E-state index < -0.39 is 0 Å². The van der Waals surface area contributed by atoms with Crippen LogP contribution >= 0.6 is 12.2 Å². The summed E-state index contributed by atoms with van der Waals surface area (Å²) in [6.45, 7) is 0.421. The maximum Gasteiger partial charge on any atom is 0.133 e. The van der Waals surface area contributed by atoms with Gasteiger partial charge in [0.05, 0.1) is 0 Å². The molecule has 1 saturated heterocycles. The number of hydrogen-bond acceptors (Lipinski definition) is 3. The fourth-order valence-corrected chi connectivity index (χ4v) is 0.593. The molecular formula is C2H4N2OS. The second-order valence-electron chi connectivity index (χ2n) is 0.926. The molecular weight excluding hydrogens is 100 g/mol. The number of rotatable bonds is 0. The first-order chi connectivity index (χ1) is 2.89. The van der Waals surface area contributed by atoms with Crippen LogP contribution < -0.4 is 4.72 Å². The Hall–Kier alpha value is -0.220. The summed E-state index contributed by atoms with van der Waals surface area (Å²) in [5.41, 5.74) is 0. The molecule has 0 aromatic carbocycles. The lowest BCUT2D eigenvalue weighted by Crippen LogP contribution is -2.07. The van der Waals surface area contributed by atoms with Crippen molar-refractivity contribution in [1.29, 1.82) is 5.41 Å². The fraction of sp³-hybridized carbons (Fsp3) is 0.500. The van der Waals surface area contributed by atoms with Gasteiger partial charge in [-0.25, -0.2) is 0 Å². The molecule has 0 spiro atoms. The van der Waals surface area contributed by atoms with E-state index in [2.05, 4.69) is 8.91 Å². The highest BCUT2D eigenvalue weighted by molar-refractivity contribution is 7.93. The summed E-state index contributed by atoms with van der Waals surface area (Å²) < 4.78 is 7.23. The van der Waals surface area contributed by atoms with Crippen molar-refractivity contribution in [3.63, 3.8) is 0 Å². The molecule has 0 bridgehead atoms. The third-order valence-corrected chi connectivity index (χ3v) is 0.992. The quantitative estimate of drug-likeness (QED) is 0.339. The van der Waals surface area contributed by atoms with Crippen molar-refractivity contribution in [1.82, 2.24) is 4.72 Å². The molecule has 4 heteroatoms. The number of hydrogen-bond donors (Lipinski definition) is 2. The summed E-state index contributed by atoms with van der Waals surface area (Å²) in [7, 11) is 0. The maximum atomic E-state index is 6.79. The van der Waals surface area contributed by atoms with Crippen molar-refractivity contribution in [3.8, 4) is 0 Å². The van der Waals surface area contributed by atoms with Crippen molar-refractivity contribution in [2.45, 2.75) is 0 Å². The molecule has 0 aromatic heterocycles. The minimum absolute atomic E-state index is 0.421. The van der Waals surface area contributed by atoms with Crippen LogP contribution in [0.4, 0.5) is 0 Å². The van der Waals surface area contributed by atoms with Gasteiger partial charge in [-0.3, -0.25) is 14.3 Å². The highest BCUT2D eigenvalue weighted by atomic mass is 32.2. The van der Waals surface area contributed by atoms with Gasteiger partial charge in [0.2, 0.25) is 0 Å². The molecule has 0 amide bonds. The van der Waals surface area contributed by atoms with E-state index in [-0.39, 0.29) is 0 Å². The van der Waals surface area contributed by atoms with Crippen LogP contribution in [0.15, 0.2) is 0 Å². The Morgan fingerprint density at radius 2 is 2.83 bits per heavy atom. The van der Waals surface area contributed by atoms with Gasteiger partial charge >= 0.3 is 0 Å². The highest BCUT2D eigenvalue weighted by Crippen LogP contribution is 2.01. The molecule has 0 atom stereocenters. The van der Waals surface area contributed by atoms with Crippen LogP contribution in [0.5, 0.6) is 0 Å². The van der Waals surface area contributed by atoms with Crippen molar-refractivity contribution in [2.75, 3.05) is 6.61 Å². The van der Waals surface area contributed by atoms with Crippen molar-refractivity contribution >= 4 is 18.1 Å². The summed E-state index contributed by atoms with van der Waals surface area (Å²) in [4.78, 5) is 0.